The Hall–Kier alpha value is -2.56. The van der Waals surface area contributed by atoms with Crippen molar-refractivity contribution in [1.29, 1.82) is 0 Å². The van der Waals surface area contributed by atoms with Gasteiger partial charge in [0.05, 0.1) is 17.0 Å². The maximum Gasteiger partial charge on any atom is 0.266 e. The van der Waals surface area contributed by atoms with Crippen molar-refractivity contribution in [2.45, 2.75) is 68.4 Å². The molecule has 1 aromatic heterocycles. The molecule has 0 spiro atoms. The van der Waals surface area contributed by atoms with Gasteiger partial charge >= 0.3 is 0 Å². The average Bonchev–Trinajstić information content (AvgIpc) is 3.53. The summed E-state index contributed by atoms with van der Waals surface area (Å²) in [7, 11) is -0.311. The van der Waals surface area contributed by atoms with Gasteiger partial charge in [0, 0.05) is 18.2 Å². The molecule has 0 saturated heterocycles. The molecule has 2 atom stereocenters. The van der Waals surface area contributed by atoms with Crippen molar-refractivity contribution in [2.24, 2.45) is 5.92 Å². The minimum absolute atomic E-state index is 0.0833. The molecule has 2 aliphatic rings. The second-order valence-electron chi connectivity index (χ2n) is 10.4. The first kappa shape index (κ1) is 27.0. The lowest BCUT2D eigenvalue weighted by molar-refractivity contribution is 0.0620. The second kappa shape index (κ2) is 11.3. The molecule has 0 aliphatic heterocycles. The lowest BCUT2D eigenvalue weighted by Gasteiger charge is -2.36. The van der Waals surface area contributed by atoms with E-state index >= 15 is 4.39 Å². The molecule has 0 bridgehead atoms. The number of benzene rings is 2. The molecule has 0 amide bonds. The average molecular weight is 566 g/mol. The minimum Gasteiger partial charge on any atom is -0.492 e. The number of anilines is 1. The molecule has 2 aliphatic carbocycles. The number of hydrogen-bond donors (Lipinski definition) is 1. The fraction of sp³-hybridized carbons (Fsp3) is 0.519. The minimum atomic E-state index is -4.31. The monoisotopic (exact) mass is 565 g/mol. The van der Waals surface area contributed by atoms with Crippen molar-refractivity contribution in [3.05, 3.63) is 41.2 Å². The van der Waals surface area contributed by atoms with Gasteiger partial charge in [0.15, 0.2) is 11.4 Å². The number of halogens is 2. The summed E-state index contributed by atoms with van der Waals surface area (Å²) in [5.74, 6) is 0.250. The number of hydrogen-bond acceptors (Lipinski definition) is 7. The number of likely N-dealkylation sites (N-methyl/N-ethyl adjacent to an activating group) is 1. The van der Waals surface area contributed by atoms with Crippen LogP contribution in [0.3, 0.4) is 0 Å². The molecule has 11 heteroatoms. The SMILES string of the molecule is CN(C)[C@H]1CCCC[C@@H]1Oc1ccc(S(=O)(=O)Nc2noc3cc(OCC4CCCC4)c(Cl)cc23)c(F)c1. The van der Waals surface area contributed by atoms with Gasteiger partial charge in [0.25, 0.3) is 10.0 Å². The fourth-order valence-corrected chi connectivity index (χ4v) is 6.74. The molecular weight excluding hydrogens is 533 g/mol. The molecule has 2 aromatic carbocycles. The van der Waals surface area contributed by atoms with E-state index in [2.05, 4.69) is 14.8 Å². The molecule has 8 nitrogen and oxygen atoms in total. The summed E-state index contributed by atoms with van der Waals surface area (Å²) < 4.78 is 60.8. The molecule has 5 rings (SSSR count). The third kappa shape index (κ3) is 5.87. The van der Waals surface area contributed by atoms with Gasteiger partial charge in [0.2, 0.25) is 0 Å². The maximum atomic E-state index is 15.0. The van der Waals surface area contributed by atoms with E-state index in [0.717, 1.165) is 44.6 Å². The Balaban J connectivity index is 1.31. The number of aromatic nitrogens is 1. The van der Waals surface area contributed by atoms with E-state index in [1.165, 1.54) is 31.0 Å². The van der Waals surface area contributed by atoms with Crippen molar-refractivity contribution in [1.82, 2.24) is 10.1 Å². The molecular formula is C27H33ClFN3O5S. The maximum absolute atomic E-state index is 15.0. The van der Waals surface area contributed by atoms with Gasteiger partial charge in [-0.05, 0) is 70.3 Å². The van der Waals surface area contributed by atoms with Crippen LogP contribution in [0.5, 0.6) is 11.5 Å². The van der Waals surface area contributed by atoms with Crippen molar-refractivity contribution < 1.29 is 26.8 Å². The van der Waals surface area contributed by atoms with E-state index in [4.69, 9.17) is 25.6 Å². The quantitative estimate of drug-likeness (QED) is 0.328. The van der Waals surface area contributed by atoms with Crippen LogP contribution in [0.25, 0.3) is 11.0 Å². The van der Waals surface area contributed by atoms with Crippen LogP contribution < -0.4 is 14.2 Å². The van der Waals surface area contributed by atoms with Gasteiger partial charge in [-0.25, -0.2) is 12.8 Å². The molecule has 38 heavy (non-hydrogen) atoms. The first-order chi connectivity index (χ1) is 18.2. The van der Waals surface area contributed by atoms with Crippen LogP contribution in [0.4, 0.5) is 10.2 Å². The summed E-state index contributed by atoms with van der Waals surface area (Å²) in [4.78, 5) is 1.60. The smallest absolute Gasteiger partial charge is 0.266 e. The normalized spacial score (nSPS) is 20.8. The number of fused-ring (bicyclic) bond motifs is 1. The van der Waals surface area contributed by atoms with E-state index in [9.17, 15) is 8.42 Å². The number of rotatable bonds is 9. The first-order valence-corrected chi connectivity index (χ1v) is 14.9. The Morgan fingerprint density at radius 1 is 1.11 bits per heavy atom. The lowest BCUT2D eigenvalue weighted by Crippen LogP contribution is -2.44. The summed E-state index contributed by atoms with van der Waals surface area (Å²) in [5.41, 5.74) is 0.306. The highest BCUT2D eigenvalue weighted by Crippen LogP contribution is 2.36. The van der Waals surface area contributed by atoms with Gasteiger partial charge in [0.1, 0.15) is 28.3 Å². The Labute approximate surface area is 227 Å². The van der Waals surface area contributed by atoms with Gasteiger partial charge < -0.3 is 18.9 Å². The summed E-state index contributed by atoms with van der Waals surface area (Å²) in [5, 5.41) is 4.50. The highest BCUT2D eigenvalue weighted by Gasteiger charge is 2.29. The standard InChI is InChI=1S/C27H33ClFN3O5S/c1-32(2)22-9-5-6-10-23(22)36-18-11-12-26(21(29)13-18)38(33,34)31-27-19-14-20(28)25(15-24(19)37-30-27)35-16-17-7-3-4-8-17/h11-15,17,22-23H,3-10,16H2,1-2H3,(H,30,31)/t22-,23-/m0/s1. The van der Waals surface area contributed by atoms with Gasteiger partial charge in [-0.1, -0.05) is 36.0 Å². The lowest BCUT2D eigenvalue weighted by atomic mass is 9.91. The summed E-state index contributed by atoms with van der Waals surface area (Å²) >= 11 is 6.41. The Bertz CT molecular complexity index is 1390. The van der Waals surface area contributed by atoms with Crippen LogP contribution in [0.15, 0.2) is 39.8 Å². The highest BCUT2D eigenvalue weighted by atomic mass is 35.5. The van der Waals surface area contributed by atoms with E-state index in [-0.39, 0.29) is 18.0 Å². The predicted octanol–water partition coefficient (Wildman–Crippen LogP) is 6.24. The molecule has 206 valence electrons. The van der Waals surface area contributed by atoms with Crippen LogP contribution >= 0.6 is 11.6 Å². The van der Waals surface area contributed by atoms with Crippen LogP contribution in [0, 0.1) is 11.7 Å². The Kier molecular flexibility index (Phi) is 8.02. The Morgan fingerprint density at radius 3 is 2.58 bits per heavy atom. The van der Waals surface area contributed by atoms with Crippen molar-refractivity contribution in [3.8, 4) is 11.5 Å². The van der Waals surface area contributed by atoms with Crippen molar-refractivity contribution in [2.75, 3.05) is 25.4 Å². The van der Waals surface area contributed by atoms with Crippen LogP contribution in [0.1, 0.15) is 51.4 Å². The number of ether oxygens (including phenoxy) is 2. The second-order valence-corrected chi connectivity index (χ2v) is 12.5. The largest absolute Gasteiger partial charge is 0.492 e. The fourth-order valence-electron chi connectivity index (χ4n) is 5.44. The topological polar surface area (TPSA) is 93.9 Å². The van der Waals surface area contributed by atoms with Crippen LogP contribution in [-0.2, 0) is 10.0 Å². The third-order valence-corrected chi connectivity index (χ3v) is 9.18. The van der Waals surface area contributed by atoms with Gasteiger partial charge in [-0.2, -0.15) is 0 Å². The zero-order valence-corrected chi connectivity index (χ0v) is 23.2. The molecule has 1 N–H and O–H groups in total. The van der Waals surface area contributed by atoms with Crippen LogP contribution in [-0.4, -0.2) is 51.3 Å². The molecule has 0 radical (unpaired) electrons. The van der Waals surface area contributed by atoms with Crippen molar-refractivity contribution >= 4 is 38.4 Å². The summed E-state index contributed by atoms with van der Waals surface area (Å²) in [6, 6.07) is 7.14. The number of nitrogens with zero attached hydrogens (tertiary/aromatic N) is 2. The zero-order chi connectivity index (χ0) is 26.9. The van der Waals surface area contributed by atoms with E-state index in [1.807, 2.05) is 14.1 Å². The van der Waals surface area contributed by atoms with Crippen LogP contribution in [0.2, 0.25) is 5.02 Å². The molecule has 1 heterocycles. The van der Waals surface area contributed by atoms with Gasteiger partial charge in [-0.15, -0.1) is 0 Å². The third-order valence-electron chi connectivity index (χ3n) is 7.52. The molecule has 2 fully saturated rings. The summed E-state index contributed by atoms with van der Waals surface area (Å²) in [6.07, 6.45) is 8.62. The number of nitrogens with one attached hydrogen (secondary N) is 1. The Morgan fingerprint density at radius 2 is 1.84 bits per heavy atom. The molecule has 2 saturated carbocycles. The van der Waals surface area contributed by atoms with Crippen molar-refractivity contribution in [3.63, 3.8) is 0 Å². The first-order valence-electron chi connectivity index (χ1n) is 13.1. The highest BCUT2D eigenvalue weighted by molar-refractivity contribution is 7.92. The van der Waals surface area contributed by atoms with E-state index < -0.39 is 20.7 Å². The molecule has 3 aromatic rings. The molecule has 0 unspecified atom stereocenters. The summed E-state index contributed by atoms with van der Waals surface area (Å²) in [6.45, 7) is 0.564. The number of sulfonamides is 1. The van der Waals surface area contributed by atoms with E-state index in [1.54, 1.807) is 6.07 Å². The predicted molar refractivity (Wildman–Crippen MR) is 144 cm³/mol. The zero-order valence-electron chi connectivity index (χ0n) is 21.6. The van der Waals surface area contributed by atoms with E-state index in [0.29, 0.717) is 40.0 Å². The van der Waals surface area contributed by atoms with Gasteiger partial charge in [-0.3, -0.25) is 4.72 Å².